The van der Waals surface area contributed by atoms with Crippen molar-refractivity contribution in [2.24, 2.45) is 0 Å². The molecule has 0 atom stereocenters. The van der Waals surface area contributed by atoms with Gasteiger partial charge >= 0.3 is 5.97 Å². The maximum absolute atomic E-state index is 11.0. The van der Waals surface area contributed by atoms with Crippen LogP contribution >= 0.6 is 0 Å². The van der Waals surface area contributed by atoms with Gasteiger partial charge in [-0.3, -0.25) is 4.98 Å². The Kier molecular flexibility index (Phi) is 2.68. The molecule has 0 amide bonds. The Morgan fingerprint density at radius 2 is 2.47 bits per heavy atom. The van der Waals surface area contributed by atoms with Gasteiger partial charge in [-0.1, -0.05) is 6.92 Å². The fraction of sp³-hybridized carbons (Fsp3) is 0.455. The predicted molar refractivity (Wildman–Crippen MR) is 53.9 cm³/mol. The molecular weight excluding hydrogens is 194 g/mol. The molecule has 1 aliphatic heterocycles. The summed E-state index contributed by atoms with van der Waals surface area (Å²) >= 11 is 0. The highest BCUT2D eigenvalue weighted by molar-refractivity contribution is 5.89. The van der Waals surface area contributed by atoms with E-state index in [2.05, 4.69) is 4.98 Å². The minimum absolute atomic E-state index is 0.307. The average Bonchev–Trinajstić information content (AvgIpc) is 2.27. The first kappa shape index (κ1) is 10.1. The summed E-state index contributed by atoms with van der Waals surface area (Å²) in [4.78, 5) is 15.4. The number of aryl methyl sites for hydroxylation is 1. The number of carbonyl (C=O) groups is 1. The summed E-state index contributed by atoms with van der Waals surface area (Å²) < 4.78 is 5.27. The second-order valence-corrected chi connectivity index (χ2v) is 3.55. The van der Waals surface area contributed by atoms with Gasteiger partial charge in [0.15, 0.2) is 0 Å². The van der Waals surface area contributed by atoms with Crippen molar-refractivity contribution in [3.63, 3.8) is 0 Å². The topological polar surface area (TPSA) is 59.4 Å². The molecule has 4 heteroatoms. The number of pyridine rings is 1. The zero-order valence-corrected chi connectivity index (χ0v) is 8.62. The van der Waals surface area contributed by atoms with Gasteiger partial charge in [0.25, 0.3) is 0 Å². The number of aromatic nitrogens is 1. The molecule has 0 fully saturated rings. The summed E-state index contributed by atoms with van der Waals surface area (Å²) in [6.45, 7) is 3.07. The van der Waals surface area contributed by atoms with Gasteiger partial charge in [-0.05, 0) is 12.5 Å². The Morgan fingerprint density at radius 3 is 3.13 bits per heavy atom. The van der Waals surface area contributed by atoms with E-state index in [9.17, 15) is 4.79 Å². The lowest BCUT2D eigenvalue weighted by Crippen LogP contribution is -2.16. The molecule has 0 spiro atoms. The van der Waals surface area contributed by atoms with Crippen molar-refractivity contribution in [3.05, 3.63) is 28.6 Å². The zero-order chi connectivity index (χ0) is 10.8. The van der Waals surface area contributed by atoms with Crippen LogP contribution in [0.25, 0.3) is 0 Å². The highest BCUT2D eigenvalue weighted by Gasteiger charge is 2.17. The average molecular weight is 207 g/mol. The van der Waals surface area contributed by atoms with Crippen molar-refractivity contribution >= 4 is 5.97 Å². The SMILES string of the molecule is CCc1nc2c(cc1C(=O)O)COCC2. The van der Waals surface area contributed by atoms with Gasteiger partial charge < -0.3 is 9.84 Å². The fourth-order valence-electron chi connectivity index (χ4n) is 1.78. The Hall–Kier alpha value is -1.42. The fourth-order valence-corrected chi connectivity index (χ4v) is 1.78. The number of nitrogens with zero attached hydrogens (tertiary/aromatic N) is 1. The van der Waals surface area contributed by atoms with Crippen molar-refractivity contribution in [2.45, 2.75) is 26.4 Å². The van der Waals surface area contributed by atoms with Crippen LogP contribution in [0.15, 0.2) is 6.07 Å². The third-order valence-corrected chi connectivity index (χ3v) is 2.58. The first-order chi connectivity index (χ1) is 7.22. The zero-order valence-electron chi connectivity index (χ0n) is 8.62. The molecule has 0 radical (unpaired) electrons. The lowest BCUT2D eigenvalue weighted by Gasteiger charge is -2.17. The maximum atomic E-state index is 11.0. The van der Waals surface area contributed by atoms with E-state index >= 15 is 0 Å². The molecule has 0 bridgehead atoms. The smallest absolute Gasteiger partial charge is 0.337 e. The number of rotatable bonds is 2. The van der Waals surface area contributed by atoms with Gasteiger partial charge in [0.05, 0.1) is 24.5 Å². The molecule has 1 aliphatic rings. The van der Waals surface area contributed by atoms with Crippen molar-refractivity contribution in [1.29, 1.82) is 0 Å². The van der Waals surface area contributed by atoms with Gasteiger partial charge in [-0.15, -0.1) is 0 Å². The Labute approximate surface area is 87.9 Å². The van der Waals surface area contributed by atoms with E-state index in [1.54, 1.807) is 6.07 Å². The van der Waals surface area contributed by atoms with Gasteiger partial charge in [-0.25, -0.2) is 4.79 Å². The van der Waals surface area contributed by atoms with Crippen LogP contribution in [0.3, 0.4) is 0 Å². The number of fused-ring (bicyclic) bond motifs is 1. The van der Waals surface area contributed by atoms with Crippen LogP contribution in [0.2, 0.25) is 0 Å². The summed E-state index contributed by atoms with van der Waals surface area (Å²) in [5, 5.41) is 9.02. The summed E-state index contributed by atoms with van der Waals surface area (Å²) in [6.07, 6.45) is 1.43. The number of hydrogen-bond donors (Lipinski definition) is 1. The van der Waals surface area contributed by atoms with Crippen LogP contribution in [0.1, 0.15) is 34.2 Å². The van der Waals surface area contributed by atoms with E-state index in [4.69, 9.17) is 9.84 Å². The van der Waals surface area contributed by atoms with E-state index < -0.39 is 5.97 Å². The highest BCUT2D eigenvalue weighted by atomic mass is 16.5. The van der Waals surface area contributed by atoms with Crippen LogP contribution < -0.4 is 0 Å². The number of carboxylic acid groups (broad SMARTS) is 1. The van der Waals surface area contributed by atoms with E-state index in [1.165, 1.54) is 0 Å². The number of ether oxygens (including phenoxy) is 1. The molecule has 4 nitrogen and oxygen atoms in total. The first-order valence-electron chi connectivity index (χ1n) is 5.05. The highest BCUT2D eigenvalue weighted by Crippen LogP contribution is 2.19. The second-order valence-electron chi connectivity index (χ2n) is 3.55. The summed E-state index contributed by atoms with van der Waals surface area (Å²) in [6, 6.07) is 1.70. The minimum atomic E-state index is -0.910. The molecule has 15 heavy (non-hydrogen) atoms. The molecule has 2 heterocycles. The lowest BCUT2D eigenvalue weighted by molar-refractivity contribution is 0.0693. The quantitative estimate of drug-likeness (QED) is 0.796. The number of hydrogen-bond acceptors (Lipinski definition) is 3. The molecule has 0 aliphatic carbocycles. The molecule has 2 rings (SSSR count). The Morgan fingerprint density at radius 1 is 1.67 bits per heavy atom. The standard InChI is InChI=1S/C11H13NO3/c1-2-9-8(11(13)14)5-7-6-15-4-3-10(7)12-9/h5H,2-4,6H2,1H3,(H,13,14). The largest absolute Gasteiger partial charge is 0.478 e. The monoisotopic (exact) mass is 207 g/mol. The van der Waals surface area contributed by atoms with E-state index in [-0.39, 0.29) is 0 Å². The molecule has 0 unspecified atom stereocenters. The first-order valence-corrected chi connectivity index (χ1v) is 5.05. The van der Waals surface area contributed by atoms with Crippen molar-refractivity contribution < 1.29 is 14.6 Å². The molecule has 0 saturated carbocycles. The maximum Gasteiger partial charge on any atom is 0.337 e. The minimum Gasteiger partial charge on any atom is -0.478 e. The molecule has 0 saturated heterocycles. The van der Waals surface area contributed by atoms with Crippen LogP contribution in [-0.2, 0) is 24.2 Å². The molecule has 1 aromatic heterocycles. The van der Waals surface area contributed by atoms with E-state index in [0.717, 1.165) is 17.7 Å². The van der Waals surface area contributed by atoms with Crippen LogP contribution in [0.5, 0.6) is 0 Å². The molecule has 80 valence electrons. The van der Waals surface area contributed by atoms with Gasteiger partial charge in [-0.2, -0.15) is 0 Å². The lowest BCUT2D eigenvalue weighted by atomic mass is 10.0. The normalized spacial score (nSPS) is 14.7. The molecular formula is C11H13NO3. The van der Waals surface area contributed by atoms with E-state index in [0.29, 0.717) is 30.9 Å². The third kappa shape index (κ3) is 1.85. The second kappa shape index (κ2) is 3.98. The third-order valence-electron chi connectivity index (χ3n) is 2.58. The van der Waals surface area contributed by atoms with Crippen LogP contribution in [-0.4, -0.2) is 22.7 Å². The Balaban J connectivity index is 2.51. The number of aromatic carboxylic acids is 1. The molecule has 1 N–H and O–H groups in total. The summed E-state index contributed by atoms with van der Waals surface area (Å²) in [5.74, 6) is -0.910. The molecule has 1 aromatic rings. The van der Waals surface area contributed by atoms with Gasteiger partial charge in [0, 0.05) is 17.7 Å². The van der Waals surface area contributed by atoms with Crippen molar-refractivity contribution in [1.82, 2.24) is 4.98 Å². The Bertz CT molecular complexity index is 401. The molecule has 0 aromatic carbocycles. The van der Waals surface area contributed by atoms with E-state index in [1.807, 2.05) is 6.92 Å². The van der Waals surface area contributed by atoms with Crippen LogP contribution in [0, 0.1) is 0 Å². The predicted octanol–water partition coefficient (Wildman–Crippen LogP) is 1.41. The van der Waals surface area contributed by atoms with Crippen molar-refractivity contribution in [3.8, 4) is 0 Å². The van der Waals surface area contributed by atoms with Gasteiger partial charge in [0.1, 0.15) is 0 Å². The van der Waals surface area contributed by atoms with Crippen LogP contribution in [0.4, 0.5) is 0 Å². The summed E-state index contributed by atoms with van der Waals surface area (Å²) in [7, 11) is 0. The van der Waals surface area contributed by atoms with Gasteiger partial charge in [0.2, 0.25) is 0 Å². The summed E-state index contributed by atoms with van der Waals surface area (Å²) in [5.41, 5.74) is 2.88. The number of carboxylic acids is 1. The van der Waals surface area contributed by atoms with Crippen molar-refractivity contribution in [2.75, 3.05) is 6.61 Å².